The molecule has 5 heteroatoms. The first-order valence-corrected chi connectivity index (χ1v) is 6.61. The molecule has 0 amide bonds. The predicted molar refractivity (Wildman–Crippen MR) is 68.3 cm³/mol. The number of thiazole rings is 1. The fourth-order valence-electron chi connectivity index (χ4n) is 1.91. The highest BCUT2D eigenvalue weighted by molar-refractivity contribution is 7.09. The van der Waals surface area contributed by atoms with Gasteiger partial charge in [0.25, 0.3) is 0 Å². The molecule has 2 heterocycles. The number of aliphatic hydroxyl groups is 1. The minimum absolute atomic E-state index is 0.544. The zero-order chi connectivity index (χ0) is 12.5. The van der Waals surface area contributed by atoms with E-state index in [9.17, 15) is 5.11 Å². The molecule has 1 unspecified atom stereocenters. The molecule has 0 aliphatic carbocycles. The zero-order valence-corrected chi connectivity index (χ0v) is 10.7. The highest BCUT2D eigenvalue weighted by atomic mass is 32.1. The maximum atomic E-state index is 10.3. The van der Waals surface area contributed by atoms with Crippen molar-refractivity contribution in [1.82, 2.24) is 4.98 Å². The van der Waals surface area contributed by atoms with Crippen LogP contribution >= 0.6 is 11.3 Å². The monoisotopic (exact) mass is 263 g/mol. The van der Waals surface area contributed by atoms with Gasteiger partial charge in [-0.3, -0.25) is 0 Å². The molecule has 4 nitrogen and oxygen atoms in total. The summed E-state index contributed by atoms with van der Waals surface area (Å²) >= 11 is 1.53. The van der Waals surface area contributed by atoms with Crippen molar-refractivity contribution in [2.24, 2.45) is 0 Å². The SMILES string of the molecule is Cc1nc(C(O)c2ccc3c(c2)OCCO3)cs1. The third-order valence-corrected chi connectivity index (χ3v) is 3.59. The third-order valence-electron chi connectivity index (χ3n) is 2.80. The maximum absolute atomic E-state index is 10.3. The van der Waals surface area contributed by atoms with Crippen LogP contribution in [0.15, 0.2) is 23.6 Å². The van der Waals surface area contributed by atoms with Gasteiger partial charge in [-0.2, -0.15) is 0 Å². The molecule has 1 aromatic heterocycles. The smallest absolute Gasteiger partial charge is 0.161 e. The van der Waals surface area contributed by atoms with Crippen molar-refractivity contribution in [3.63, 3.8) is 0 Å². The van der Waals surface area contributed by atoms with E-state index in [1.54, 1.807) is 0 Å². The fourth-order valence-corrected chi connectivity index (χ4v) is 2.54. The van der Waals surface area contributed by atoms with Gasteiger partial charge >= 0.3 is 0 Å². The number of aryl methyl sites for hydroxylation is 1. The van der Waals surface area contributed by atoms with Crippen LogP contribution in [0.5, 0.6) is 11.5 Å². The second kappa shape index (κ2) is 4.59. The molecule has 1 aromatic carbocycles. The Morgan fingerprint density at radius 1 is 1.28 bits per heavy atom. The van der Waals surface area contributed by atoms with Crippen LogP contribution in [0, 0.1) is 6.92 Å². The van der Waals surface area contributed by atoms with Crippen LogP contribution in [0.25, 0.3) is 0 Å². The molecular weight excluding hydrogens is 250 g/mol. The van der Waals surface area contributed by atoms with E-state index in [4.69, 9.17) is 9.47 Å². The molecule has 3 rings (SSSR count). The van der Waals surface area contributed by atoms with Gasteiger partial charge in [-0.1, -0.05) is 6.07 Å². The molecule has 1 aliphatic rings. The number of hydrogen-bond acceptors (Lipinski definition) is 5. The molecular formula is C13H13NO3S. The quantitative estimate of drug-likeness (QED) is 0.903. The Morgan fingerprint density at radius 3 is 2.78 bits per heavy atom. The number of aromatic nitrogens is 1. The summed E-state index contributed by atoms with van der Waals surface area (Å²) in [6.07, 6.45) is -0.717. The summed E-state index contributed by atoms with van der Waals surface area (Å²) in [5.41, 5.74) is 1.44. The third kappa shape index (κ3) is 2.07. The molecule has 1 N–H and O–H groups in total. The molecule has 18 heavy (non-hydrogen) atoms. The highest BCUT2D eigenvalue weighted by Gasteiger charge is 2.18. The number of rotatable bonds is 2. The first-order valence-electron chi connectivity index (χ1n) is 5.73. The molecule has 0 saturated heterocycles. The molecule has 0 saturated carbocycles. The lowest BCUT2D eigenvalue weighted by molar-refractivity contribution is 0.169. The van der Waals surface area contributed by atoms with Crippen molar-refractivity contribution in [2.45, 2.75) is 13.0 Å². The molecule has 94 valence electrons. The van der Waals surface area contributed by atoms with Crippen LogP contribution in [0.4, 0.5) is 0 Å². The maximum Gasteiger partial charge on any atom is 0.161 e. The first kappa shape index (κ1) is 11.5. The lowest BCUT2D eigenvalue weighted by Crippen LogP contribution is -2.15. The van der Waals surface area contributed by atoms with Gasteiger partial charge in [0, 0.05) is 5.38 Å². The average Bonchev–Trinajstić information content (AvgIpc) is 2.84. The fraction of sp³-hybridized carbons (Fsp3) is 0.308. The van der Waals surface area contributed by atoms with E-state index in [2.05, 4.69) is 4.98 Å². The van der Waals surface area contributed by atoms with Gasteiger partial charge in [0.1, 0.15) is 19.3 Å². The van der Waals surface area contributed by atoms with E-state index in [-0.39, 0.29) is 0 Å². The lowest BCUT2D eigenvalue weighted by Gasteiger charge is -2.19. The Morgan fingerprint density at radius 2 is 2.06 bits per heavy atom. The summed E-state index contributed by atoms with van der Waals surface area (Å²) in [6, 6.07) is 5.48. The van der Waals surface area contributed by atoms with Crippen LogP contribution in [0.2, 0.25) is 0 Å². The van der Waals surface area contributed by atoms with E-state index in [1.807, 2.05) is 30.5 Å². The van der Waals surface area contributed by atoms with E-state index < -0.39 is 6.10 Å². The van der Waals surface area contributed by atoms with Crippen molar-refractivity contribution in [2.75, 3.05) is 13.2 Å². The minimum atomic E-state index is -0.717. The van der Waals surface area contributed by atoms with Gasteiger partial charge in [0.15, 0.2) is 11.5 Å². The standard InChI is InChI=1S/C13H13NO3S/c1-8-14-10(7-18-8)13(15)9-2-3-11-12(6-9)17-5-4-16-11/h2-3,6-7,13,15H,4-5H2,1H3. The minimum Gasteiger partial charge on any atom is -0.486 e. The van der Waals surface area contributed by atoms with Gasteiger partial charge in [-0.25, -0.2) is 4.98 Å². The average molecular weight is 263 g/mol. The van der Waals surface area contributed by atoms with Crippen molar-refractivity contribution in [1.29, 1.82) is 0 Å². The Hall–Kier alpha value is -1.59. The van der Waals surface area contributed by atoms with E-state index >= 15 is 0 Å². The topological polar surface area (TPSA) is 51.6 Å². The highest BCUT2D eigenvalue weighted by Crippen LogP contribution is 2.34. The van der Waals surface area contributed by atoms with Crippen molar-refractivity contribution in [3.8, 4) is 11.5 Å². The Kier molecular flexibility index (Phi) is 2.93. The van der Waals surface area contributed by atoms with Crippen molar-refractivity contribution >= 4 is 11.3 Å². The van der Waals surface area contributed by atoms with Gasteiger partial charge in [0.05, 0.1) is 10.7 Å². The Balaban J connectivity index is 1.92. The van der Waals surface area contributed by atoms with Crippen molar-refractivity contribution < 1.29 is 14.6 Å². The Labute approximate surface area is 109 Å². The molecule has 1 atom stereocenters. The van der Waals surface area contributed by atoms with Crippen LogP contribution < -0.4 is 9.47 Å². The molecule has 0 spiro atoms. The predicted octanol–water partition coefficient (Wildman–Crippen LogP) is 2.30. The van der Waals surface area contributed by atoms with Gasteiger partial charge in [-0.05, 0) is 24.6 Å². The summed E-state index contributed by atoms with van der Waals surface area (Å²) in [4.78, 5) is 4.30. The molecule has 1 aliphatic heterocycles. The molecule has 0 radical (unpaired) electrons. The van der Waals surface area contributed by atoms with Crippen LogP contribution in [-0.4, -0.2) is 23.3 Å². The largest absolute Gasteiger partial charge is 0.486 e. The summed E-state index contributed by atoms with van der Waals surface area (Å²) in [6.45, 7) is 3.03. The summed E-state index contributed by atoms with van der Waals surface area (Å²) in [5.74, 6) is 1.41. The van der Waals surface area contributed by atoms with E-state index in [0.29, 0.717) is 24.7 Å². The number of fused-ring (bicyclic) bond motifs is 1. The second-order valence-corrected chi connectivity index (χ2v) is 5.16. The molecule has 0 bridgehead atoms. The van der Waals surface area contributed by atoms with Gasteiger partial charge in [0.2, 0.25) is 0 Å². The summed E-state index contributed by atoms with van der Waals surface area (Å²) in [5, 5.41) is 13.1. The second-order valence-electron chi connectivity index (χ2n) is 4.10. The number of ether oxygens (including phenoxy) is 2. The van der Waals surface area contributed by atoms with Crippen molar-refractivity contribution in [3.05, 3.63) is 39.8 Å². The number of benzene rings is 1. The van der Waals surface area contributed by atoms with Crippen LogP contribution in [-0.2, 0) is 0 Å². The van der Waals surface area contributed by atoms with Crippen LogP contribution in [0.3, 0.4) is 0 Å². The van der Waals surface area contributed by atoms with Crippen LogP contribution in [0.1, 0.15) is 22.4 Å². The first-order chi connectivity index (χ1) is 8.74. The normalized spacial score (nSPS) is 15.4. The number of nitrogens with zero attached hydrogens (tertiary/aromatic N) is 1. The molecule has 0 fully saturated rings. The lowest BCUT2D eigenvalue weighted by atomic mass is 10.1. The zero-order valence-electron chi connectivity index (χ0n) is 9.92. The molecule has 2 aromatic rings. The van der Waals surface area contributed by atoms with E-state index in [1.165, 1.54) is 11.3 Å². The number of aliphatic hydroxyl groups excluding tert-OH is 1. The van der Waals surface area contributed by atoms with E-state index in [0.717, 1.165) is 16.3 Å². The Bertz CT molecular complexity index is 567. The van der Waals surface area contributed by atoms with Gasteiger partial charge in [-0.15, -0.1) is 11.3 Å². The van der Waals surface area contributed by atoms with Gasteiger partial charge < -0.3 is 14.6 Å². The summed E-state index contributed by atoms with van der Waals surface area (Å²) in [7, 11) is 0. The summed E-state index contributed by atoms with van der Waals surface area (Å²) < 4.78 is 10.9. The number of hydrogen-bond donors (Lipinski definition) is 1.